The Labute approximate surface area is 123 Å². The van der Waals surface area contributed by atoms with E-state index in [1.807, 2.05) is 4.90 Å². The normalized spacial score (nSPS) is 19.2. The molecule has 0 aromatic carbocycles. The SMILES string of the molecule is CCOC(=O)[C@H]1CCCN(CC(=O)Nc2cc(C)no2)C1. The number of ether oxygens (including phenoxy) is 1. The average molecular weight is 295 g/mol. The van der Waals surface area contributed by atoms with Crippen LogP contribution in [0.1, 0.15) is 25.5 Å². The molecule has 0 unspecified atom stereocenters. The molecule has 1 fully saturated rings. The predicted octanol–water partition coefficient (Wildman–Crippen LogP) is 1.20. The Balaban J connectivity index is 1.81. The Bertz CT molecular complexity index is 500. The number of hydrogen-bond donors (Lipinski definition) is 1. The first-order chi connectivity index (χ1) is 10.1. The van der Waals surface area contributed by atoms with Crippen molar-refractivity contribution in [2.75, 3.05) is 31.6 Å². The van der Waals surface area contributed by atoms with Gasteiger partial charge in [0.05, 0.1) is 24.8 Å². The van der Waals surface area contributed by atoms with E-state index in [4.69, 9.17) is 9.26 Å². The Morgan fingerprint density at radius 2 is 2.38 bits per heavy atom. The minimum atomic E-state index is -0.173. The predicted molar refractivity (Wildman–Crippen MR) is 75.7 cm³/mol. The monoisotopic (exact) mass is 295 g/mol. The molecule has 0 bridgehead atoms. The summed E-state index contributed by atoms with van der Waals surface area (Å²) in [5.74, 6) is -0.139. The third kappa shape index (κ3) is 4.56. The summed E-state index contributed by atoms with van der Waals surface area (Å²) in [5, 5.41) is 6.36. The van der Waals surface area contributed by atoms with Crippen LogP contribution in [0.25, 0.3) is 0 Å². The van der Waals surface area contributed by atoms with Crippen LogP contribution in [0.15, 0.2) is 10.6 Å². The number of likely N-dealkylation sites (tertiary alicyclic amines) is 1. The average Bonchev–Trinajstić information content (AvgIpc) is 2.84. The number of piperidine rings is 1. The highest BCUT2D eigenvalue weighted by Crippen LogP contribution is 2.18. The zero-order chi connectivity index (χ0) is 15.2. The molecule has 1 saturated heterocycles. The number of nitrogens with one attached hydrogen (secondary N) is 1. The van der Waals surface area contributed by atoms with Gasteiger partial charge in [0.15, 0.2) is 0 Å². The molecule has 21 heavy (non-hydrogen) atoms. The van der Waals surface area contributed by atoms with E-state index in [2.05, 4.69) is 10.5 Å². The molecule has 2 rings (SSSR count). The minimum Gasteiger partial charge on any atom is -0.466 e. The van der Waals surface area contributed by atoms with Crippen LogP contribution in [-0.4, -0.2) is 48.2 Å². The fourth-order valence-electron chi connectivity index (χ4n) is 2.45. The van der Waals surface area contributed by atoms with Crippen molar-refractivity contribution in [2.45, 2.75) is 26.7 Å². The zero-order valence-electron chi connectivity index (χ0n) is 12.4. The minimum absolute atomic E-state index is 0.140. The molecule has 1 aromatic heterocycles. The van der Waals surface area contributed by atoms with Crippen molar-refractivity contribution < 1.29 is 18.8 Å². The maximum Gasteiger partial charge on any atom is 0.310 e. The molecule has 0 radical (unpaired) electrons. The smallest absolute Gasteiger partial charge is 0.310 e. The zero-order valence-corrected chi connectivity index (χ0v) is 12.4. The van der Waals surface area contributed by atoms with Gasteiger partial charge in [0.2, 0.25) is 11.8 Å². The molecule has 1 aromatic rings. The lowest BCUT2D eigenvalue weighted by molar-refractivity contribution is -0.150. The molecule has 1 amide bonds. The summed E-state index contributed by atoms with van der Waals surface area (Å²) in [6, 6.07) is 1.66. The molecule has 0 aliphatic carbocycles. The van der Waals surface area contributed by atoms with E-state index >= 15 is 0 Å². The van der Waals surface area contributed by atoms with Crippen LogP contribution in [0.2, 0.25) is 0 Å². The number of rotatable bonds is 5. The first kappa shape index (κ1) is 15.5. The van der Waals surface area contributed by atoms with Crippen molar-refractivity contribution in [1.82, 2.24) is 10.1 Å². The number of aromatic nitrogens is 1. The van der Waals surface area contributed by atoms with Crippen LogP contribution < -0.4 is 5.32 Å². The second-order valence-electron chi connectivity index (χ2n) is 5.21. The standard InChI is InChI=1S/C14H21N3O4/c1-3-20-14(19)11-5-4-6-17(8-11)9-12(18)15-13-7-10(2)16-21-13/h7,11H,3-6,8-9H2,1-2H3,(H,15,18)/t11-/m0/s1. The van der Waals surface area contributed by atoms with E-state index in [1.54, 1.807) is 19.9 Å². The number of hydrogen-bond acceptors (Lipinski definition) is 6. The topological polar surface area (TPSA) is 84.7 Å². The van der Waals surface area contributed by atoms with Crippen molar-refractivity contribution in [1.29, 1.82) is 0 Å². The molecule has 116 valence electrons. The number of anilines is 1. The van der Waals surface area contributed by atoms with E-state index in [0.29, 0.717) is 24.7 Å². The van der Waals surface area contributed by atoms with Gasteiger partial charge in [-0.15, -0.1) is 0 Å². The molecular formula is C14H21N3O4. The number of amides is 1. The van der Waals surface area contributed by atoms with E-state index in [-0.39, 0.29) is 24.3 Å². The van der Waals surface area contributed by atoms with Crippen molar-refractivity contribution >= 4 is 17.8 Å². The van der Waals surface area contributed by atoms with Crippen molar-refractivity contribution in [3.05, 3.63) is 11.8 Å². The van der Waals surface area contributed by atoms with Crippen molar-refractivity contribution in [3.63, 3.8) is 0 Å². The molecular weight excluding hydrogens is 274 g/mol. The number of carbonyl (C=O) groups is 2. The van der Waals surface area contributed by atoms with Gasteiger partial charge in [-0.2, -0.15) is 0 Å². The first-order valence-corrected chi connectivity index (χ1v) is 7.20. The summed E-state index contributed by atoms with van der Waals surface area (Å²) < 4.78 is 9.98. The highest BCUT2D eigenvalue weighted by atomic mass is 16.5. The summed E-state index contributed by atoms with van der Waals surface area (Å²) in [6.45, 7) is 5.57. The number of esters is 1. The van der Waals surface area contributed by atoms with Gasteiger partial charge in [-0.1, -0.05) is 5.16 Å². The number of carbonyl (C=O) groups excluding carboxylic acids is 2. The van der Waals surface area contributed by atoms with Crippen LogP contribution >= 0.6 is 0 Å². The fourth-order valence-corrected chi connectivity index (χ4v) is 2.45. The molecule has 2 heterocycles. The second kappa shape index (κ2) is 7.21. The van der Waals surface area contributed by atoms with E-state index in [0.717, 1.165) is 19.4 Å². The van der Waals surface area contributed by atoms with E-state index in [9.17, 15) is 9.59 Å². The summed E-state index contributed by atoms with van der Waals surface area (Å²) in [4.78, 5) is 25.6. The molecule has 1 aliphatic heterocycles. The summed E-state index contributed by atoms with van der Waals surface area (Å²) in [5.41, 5.74) is 0.714. The maximum atomic E-state index is 11.9. The molecule has 0 spiro atoms. The second-order valence-corrected chi connectivity index (χ2v) is 5.21. The van der Waals surface area contributed by atoms with Crippen LogP contribution in [0.4, 0.5) is 5.88 Å². The Morgan fingerprint density at radius 1 is 1.57 bits per heavy atom. The third-order valence-corrected chi connectivity index (χ3v) is 3.38. The van der Waals surface area contributed by atoms with Crippen molar-refractivity contribution in [3.8, 4) is 0 Å². The van der Waals surface area contributed by atoms with E-state index in [1.165, 1.54) is 0 Å². The van der Waals surface area contributed by atoms with Crippen LogP contribution in [0, 0.1) is 12.8 Å². The van der Waals surface area contributed by atoms with E-state index < -0.39 is 0 Å². The molecule has 7 nitrogen and oxygen atoms in total. The maximum absolute atomic E-state index is 11.9. The highest BCUT2D eigenvalue weighted by Gasteiger charge is 2.27. The lowest BCUT2D eigenvalue weighted by atomic mass is 9.98. The van der Waals surface area contributed by atoms with Crippen LogP contribution in [-0.2, 0) is 14.3 Å². The summed E-state index contributed by atoms with van der Waals surface area (Å²) in [6.07, 6.45) is 1.70. The summed E-state index contributed by atoms with van der Waals surface area (Å²) >= 11 is 0. The van der Waals surface area contributed by atoms with Gasteiger partial charge in [-0.3, -0.25) is 19.8 Å². The fraction of sp³-hybridized carbons (Fsp3) is 0.643. The largest absolute Gasteiger partial charge is 0.466 e. The molecule has 7 heteroatoms. The Morgan fingerprint density at radius 3 is 3.05 bits per heavy atom. The Kier molecular flexibility index (Phi) is 5.32. The highest BCUT2D eigenvalue weighted by molar-refractivity contribution is 5.91. The van der Waals surface area contributed by atoms with Crippen molar-refractivity contribution in [2.24, 2.45) is 5.92 Å². The molecule has 0 saturated carbocycles. The van der Waals surface area contributed by atoms with Crippen LogP contribution in [0.3, 0.4) is 0 Å². The lowest BCUT2D eigenvalue weighted by Gasteiger charge is -2.30. The quantitative estimate of drug-likeness (QED) is 0.822. The van der Waals surface area contributed by atoms with Gasteiger partial charge >= 0.3 is 5.97 Å². The Hall–Kier alpha value is -1.89. The van der Waals surface area contributed by atoms with Crippen LogP contribution in [0.5, 0.6) is 0 Å². The lowest BCUT2D eigenvalue weighted by Crippen LogP contribution is -2.43. The molecule has 1 aliphatic rings. The third-order valence-electron chi connectivity index (χ3n) is 3.38. The van der Waals surface area contributed by atoms with Gasteiger partial charge in [-0.05, 0) is 33.2 Å². The van der Waals surface area contributed by atoms with Gasteiger partial charge in [0, 0.05) is 12.6 Å². The summed E-state index contributed by atoms with van der Waals surface area (Å²) in [7, 11) is 0. The number of aryl methyl sites for hydroxylation is 1. The first-order valence-electron chi connectivity index (χ1n) is 7.20. The number of nitrogens with zero attached hydrogens (tertiary/aromatic N) is 2. The molecule has 1 N–H and O–H groups in total. The van der Waals surface area contributed by atoms with Gasteiger partial charge in [0.1, 0.15) is 0 Å². The van der Waals surface area contributed by atoms with Gasteiger partial charge in [0.25, 0.3) is 0 Å². The van der Waals surface area contributed by atoms with Gasteiger partial charge in [-0.25, -0.2) is 0 Å². The molecule has 1 atom stereocenters. The van der Waals surface area contributed by atoms with Gasteiger partial charge < -0.3 is 9.26 Å².